The van der Waals surface area contributed by atoms with Crippen LogP contribution in [0, 0.1) is 22.6 Å². The molecular formula is C13H14BrFN2O. The van der Waals surface area contributed by atoms with Crippen molar-refractivity contribution in [3.05, 3.63) is 28.5 Å². The normalized spacial score (nSPS) is 10.8. The number of rotatable bonds is 4. The van der Waals surface area contributed by atoms with Crippen molar-refractivity contribution in [1.82, 2.24) is 0 Å². The number of halogens is 2. The van der Waals surface area contributed by atoms with Crippen molar-refractivity contribution >= 4 is 27.5 Å². The summed E-state index contributed by atoms with van der Waals surface area (Å²) in [4.78, 5) is 12.1. The van der Waals surface area contributed by atoms with Gasteiger partial charge in [0.2, 0.25) is 5.91 Å². The van der Waals surface area contributed by atoms with Gasteiger partial charge in [-0.25, -0.2) is 4.39 Å². The zero-order valence-corrected chi connectivity index (χ0v) is 11.8. The molecule has 0 saturated heterocycles. The molecular weight excluding hydrogens is 299 g/mol. The lowest BCUT2D eigenvalue weighted by Gasteiger charge is -2.22. The third kappa shape index (κ3) is 2.88. The van der Waals surface area contributed by atoms with E-state index >= 15 is 0 Å². The largest absolute Gasteiger partial charge is 0.322 e. The standard InChI is InChI=1S/C13H14BrFN2O/c1-3-13(4-2,8-16)12(18)17-11-6-5-9(14)7-10(11)15/h5-7H,3-4H2,1-2H3,(H,17,18). The highest BCUT2D eigenvalue weighted by atomic mass is 79.9. The van der Waals surface area contributed by atoms with Gasteiger partial charge in [-0.3, -0.25) is 4.79 Å². The van der Waals surface area contributed by atoms with E-state index in [-0.39, 0.29) is 5.69 Å². The summed E-state index contributed by atoms with van der Waals surface area (Å²) in [6.07, 6.45) is 0.786. The van der Waals surface area contributed by atoms with Gasteiger partial charge in [0.25, 0.3) is 0 Å². The first-order valence-electron chi connectivity index (χ1n) is 5.67. The Morgan fingerprint density at radius 3 is 2.56 bits per heavy atom. The number of hydrogen-bond acceptors (Lipinski definition) is 2. The van der Waals surface area contributed by atoms with E-state index in [4.69, 9.17) is 5.26 Å². The van der Waals surface area contributed by atoms with Crippen molar-refractivity contribution in [2.75, 3.05) is 5.32 Å². The highest BCUT2D eigenvalue weighted by Crippen LogP contribution is 2.28. The topological polar surface area (TPSA) is 52.9 Å². The Morgan fingerprint density at radius 2 is 2.11 bits per heavy atom. The third-order valence-electron chi connectivity index (χ3n) is 3.04. The number of nitrogens with one attached hydrogen (secondary N) is 1. The smallest absolute Gasteiger partial charge is 0.244 e. The molecule has 3 nitrogen and oxygen atoms in total. The van der Waals surface area contributed by atoms with Crippen LogP contribution in [0.25, 0.3) is 0 Å². The second kappa shape index (κ2) is 5.96. The summed E-state index contributed by atoms with van der Waals surface area (Å²) in [6, 6.07) is 6.38. The minimum absolute atomic E-state index is 0.0877. The Balaban J connectivity index is 2.97. The van der Waals surface area contributed by atoms with Gasteiger partial charge in [0.1, 0.15) is 11.2 Å². The summed E-state index contributed by atoms with van der Waals surface area (Å²) in [5.74, 6) is -0.993. The molecule has 0 spiro atoms. The summed E-state index contributed by atoms with van der Waals surface area (Å²) < 4.78 is 14.2. The number of amides is 1. The molecule has 0 atom stereocenters. The molecule has 1 rings (SSSR count). The van der Waals surface area contributed by atoms with Crippen LogP contribution in [-0.2, 0) is 4.79 Å². The Kier molecular flexibility index (Phi) is 4.85. The molecule has 1 aromatic rings. The molecule has 0 aliphatic carbocycles. The van der Waals surface area contributed by atoms with Crippen LogP contribution in [0.1, 0.15) is 26.7 Å². The van der Waals surface area contributed by atoms with E-state index in [1.54, 1.807) is 19.9 Å². The quantitative estimate of drug-likeness (QED) is 0.918. The van der Waals surface area contributed by atoms with Gasteiger partial charge in [-0.1, -0.05) is 29.8 Å². The van der Waals surface area contributed by atoms with Crippen molar-refractivity contribution in [3.8, 4) is 6.07 Å². The van der Waals surface area contributed by atoms with E-state index in [0.29, 0.717) is 17.3 Å². The number of carbonyl (C=O) groups is 1. The van der Waals surface area contributed by atoms with Gasteiger partial charge in [0.05, 0.1) is 11.8 Å². The fraction of sp³-hybridized carbons (Fsp3) is 0.385. The lowest BCUT2D eigenvalue weighted by Crippen LogP contribution is -2.34. The first kappa shape index (κ1) is 14.7. The summed E-state index contributed by atoms with van der Waals surface area (Å²) in [5, 5.41) is 11.6. The van der Waals surface area contributed by atoms with E-state index in [9.17, 15) is 9.18 Å². The summed E-state index contributed by atoms with van der Waals surface area (Å²) in [6.45, 7) is 3.54. The molecule has 0 aliphatic heterocycles. The highest BCUT2D eigenvalue weighted by Gasteiger charge is 2.35. The second-order valence-corrected chi connectivity index (χ2v) is 4.89. The molecule has 0 aromatic heterocycles. The molecule has 0 unspecified atom stereocenters. The van der Waals surface area contributed by atoms with E-state index in [2.05, 4.69) is 21.2 Å². The Morgan fingerprint density at radius 1 is 1.50 bits per heavy atom. The molecule has 0 saturated carbocycles. The molecule has 0 bridgehead atoms. The Labute approximate surface area is 114 Å². The number of nitrogens with zero attached hydrogens (tertiary/aromatic N) is 1. The van der Waals surface area contributed by atoms with Crippen LogP contribution in [0.3, 0.4) is 0 Å². The fourth-order valence-electron chi connectivity index (χ4n) is 1.61. The average Bonchev–Trinajstić information content (AvgIpc) is 2.36. The van der Waals surface area contributed by atoms with Crippen LogP contribution >= 0.6 is 15.9 Å². The lowest BCUT2D eigenvalue weighted by atomic mass is 9.83. The van der Waals surface area contributed by atoms with Gasteiger partial charge in [-0.2, -0.15) is 5.26 Å². The molecule has 1 N–H and O–H groups in total. The van der Waals surface area contributed by atoms with Crippen LogP contribution in [-0.4, -0.2) is 5.91 Å². The maximum absolute atomic E-state index is 13.6. The van der Waals surface area contributed by atoms with Crippen LogP contribution in [0.4, 0.5) is 10.1 Å². The third-order valence-corrected chi connectivity index (χ3v) is 3.53. The van der Waals surface area contributed by atoms with Gasteiger partial charge < -0.3 is 5.32 Å². The van der Waals surface area contributed by atoms with Gasteiger partial charge in [-0.05, 0) is 31.0 Å². The van der Waals surface area contributed by atoms with E-state index < -0.39 is 17.1 Å². The van der Waals surface area contributed by atoms with Crippen molar-refractivity contribution in [1.29, 1.82) is 5.26 Å². The monoisotopic (exact) mass is 312 g/mol. The molecule has 0 aliphatic rings. The van der Waals surface area contributed by atoms with Crippen LogP contribution < -0.4 is 5.32 Å². The Hall–Kier alpha value is -1.41. The zero-order chi connectivity index (χ0) is 13.8. The number of carbonyl (C=O) groups excluding carboxylic acids is 1. The number of hydrogen-bond donors (Lipinski definition) is 1. The lowest BCUT2D eigenvalue weighted by molar-refractivity contribution is -0.123. The van der Waals surface area contributed by atoms with Crippen molar-refractivity contribution in [3.63, 3.8) is 0 Å². The van der Waals surface area contributed by atoms with Gasteiger partial charge in [0, 0.05) is 4.47 Å². The minimum Gasteiger partial charge on any atom is -0.322 e. The predicted octanol–water partition coefficient (Wildman–Crippen LogP) is 3.86. The van der Waals surface area contributed by atoms with E-state index in [1.165, 1.54) is 12.1 Å². The molecule has 1 amide bonds. The molecule has 0 radical (unpaired) electrons. The summed E-state index contributed by atoms with van der Waals surface area (Å²) in [7, 11) is 0. The highest BCUT2D eigenvalue weighted by molar-refractivity contribution is 9.10. The molecule has 1 aromatic carbocycles. The van der Waals surface area contributed by atoms with Crippen molar-refractivity contribution in [2.45, 2.75) is 26.7 Å². The average molecular weight is 313 g/mol. The minimum atomic E-state index is -1.10. The number of benzene rings is 1. The van der Waals surface area contributed by atoms with Crippen LogP contribution in [0.15, 0.2) is 22.7 Å². The van der Waals surface area contributed by atoms with Gasteiger partial charge >= 0.3 is 0 Å². The first-order valence-corrected chi connectivity index (χ1v) is 6.46. The number of nitriles is 1. The molecule has 18 heavy (non-hydrogen) atoms. The molecule has 0 fully saturated rings. The summed E-state index contributed by atoms with van der Waals surface area (Å²) >= 11 is 3.14. The van der Waals surface area contributed by atoms with Crippen molar-refractivity contribution < 1.29 is 9.18 Å². The SMILES string of the molecule is CCC(C#N)(CC)C(=O)Nc1ccc(Br)cc1F. The maximum atomic E-state index is 13.6. The summed E-state index contributed by atoms with van der Waals surface area (Å²) in [5.41, 5.74) is -1.01. The first-order chi connectivity index (χ1) is 8.49. The molecule has 0 heterocycles. The molecule has 96 valence electrons. The Bertz CT molecular complexity index is 492. The van der Waals surface area contributed by atoms with Gasteiger partial charge in [0.15, 0.2) is 0 Å². The van der Waals surface area contributed by atoms with Crippen molar-refractivity contribution in [2.24, 2.45) is 5.41 Å². The second-order valence-electron chi connectivity index (χ2n) is 3.98. The molecule has 5 heteroatoms. The number of anilines is 1. The zero-order valence-electron chi connectivity index (χ0n) is 10.3. The van der Waals surface area contributed by atoms with Gasteiger partial charge in [-0.15, -0.1) is 0 Å². The van der Waals surface area contributed by atoms with E-state index in [0.717, 1.165) is 0 Å². The van der Waals surface area contributed by atoms with Crippen LogP contribution in [0.5, 0.6) is 0 Å². The predicted molar refractivity (Wildman–Crippen MR) is 71.4 cm³/mol. The maximum Gasteiger partial charge on any atom is 0.244 e. The fourth-order valence-corrected chi connectivity index (χ4v) is 1.95. The van der Waals surface area contributed by atoms with E-state index in [1.807, 2.05) is 6.07 Å². The van der Waals surface area contributed by atoms with Crippen LogP contribution in [0.2, 0.25) is 0 Å².